The summed E-state index contributed by atoms with van der Waals surface area (Å²) in [6.07, 6.45) is 0.552. The number of rotatable bonds is 7. The Labute approximate surface area is 212 Å². The lowest BCUT2D eigenvalue weighted by Gasteiger charge is -2.27. The van der Waals surface area contributed by atoms with Gasteiger partial charge in [-0.05, 0) is 36.4 Å². The summed E-state index contributed by atoms with van der Waals surface area (Å²) in [6.45, 7) is 0.513. The molecule has 0 saturated heterocycles. The molecule has 0 fully saturated rings. The minimum Gasteiger partial charge on any atom is -0.497 e. The quantitative estimate of drug-likeness (QED) is 0.162. The molecule has 3 aromatic rings. The highest BCUT2D eigenvalue weighted by molar-refractivity contribution is 7.13. The van der Waals surface area contributed by atoms with Crippen LogP contribution in [0.3, 0.4) is 0 Å². The third kappa shape index (κ3) is 5.71. The standard InChI is InChI=1S/C24H27N7O4S/c1-29(2)16-6-4-15(5-7-16)26-22(14-31(33)34)30-11-10-19-21(13-30)36-24(28-19)23(32)27-20-12-17(35-3)8-9-18(20)25/h4-9,12H,10-11,13-14,25H2,1-3H3,(H,27,32). The Balaban J connectivity index is 1.52. The maximum Gasteiger partial charge on any atom is 0.284 e. The first-order valence-electron chi connectivity index (χ1n) is 11.2. The summed E-state index contributed by atoms with van der Waals surface area (Å²) in [5.41, 5.74) is 9.30. The SMILES string of the molecule is COc1ccc(N)c(NC(=O)c2nc3c(s2)CN(C(C[N+](=O)[O-])=Nc2ccc(N(C)C)cc2)CC3)c1. The maximum atomic E-state index is 12.9. The van der Waals surface area contributed by atoms with Crippen LogP contribution in [0, 0.1) is 10.1 Å². The average Bonchev–Trinajstić information content (AvgIpc) is 3.29. The number of hydrogen-bond acceptors (Lipinski definition) is 9. The van der Waals surface area contributed by atoms with Crippen LogP contribution in [-0.4, -0.2) is 60.8 Å². The molecule has 0 unspecified atom stereocenters. The Morgan fingerprint density at radius 3 is 2.72 bits per heavy atom. The zero-order valence-electron chi connectivity index (χ0n) is 20.2. The predicted molar refractivity (Wildman–Crippen MR) is 141 cm³/mol. The number of aliphatic imine (C=N–C) groups is 1. The normalized spacial score (nSPS) is 13.2. The summed E-state index contributed by atoms with van der Waals surface area (Å²) in [4.78, 5) is 37.7. The van der Waals surface area contributed by atoms with Gasteiger partial charge in [0.2, 0.25) is 0 Å². The van der Waals surface area contributed by atoms with Gasteiger partial charge in [0.05, 0.1) is 36.4 Å². The molecule has 36 heavy (non-hydrogen) atoms. The Morgan fingerprint density at radius 2 is 2.06 bits per heavy atom. The number of fused-ring (bicyclic) bond motifs is 1. The van der Waals surface area contributed by atoms with Crippen molar-refractivity contribution in [2.24, 2.45) is 4.99 Å². The van der Waals surface area contributed by atoms with Gasteiger partial charge in [-0.15, -0.1) is 11.3 Å². The number of ether oxygens (including phenoxy) is 1. The van der Waals surface area contributed by atoms with Gasteiger partial charge in [0, 0.05) is 48.6 Å². The van der Waals surface area contributed by atoms with Crippen molar-refractivity contribution in [1.82, 2.24) is 9.88 Å². The lowest BCUT2D eigenvalue weighted by atomic mass is 10.1. The first-order chi connectivity index (χ1) is 17.2. The van der Waals surface area contributed by atoms with Gasteiger partial charge >= 0.3 is 0 Å². The van der Waals surface area contributed by atoms with Crippen molar-refractivity contribution in [2.45, 2.75) is 13.0 Å². The number of carbonyl (C=O) groups is 1. The summed E-state index contributed by atoms with van der Waals surface area (Å²) >= 11 is 1.26. The molecule has 188 valence electrons. The van der Waals surface area contributed by atoms with E-state index >= 15 is 0 Å². The van der Waals surface area contributed by atoms with Crippen LogP contribution >= 0.6 is 11.3 Å². The molecule has 11 nitrogen and oxygen atoms in total. The first-order valence-corrected chi connectivity index (χ1v) is 12.0. The van der Waals surface area contributed by atoms with E-state index in [1.54, 1.807) is 18.2 Å². The molecule has 1 amide bonds. The van der Waals surface area contributed by atoms with Crippen molar-refractivity contribution in [3.05, 3.63) is 68.2 Å². The maximum absolute atomic E-state index is 12.9. The molecular formula is C24H27N7O4S. The number of nitrogens with one attached hydrogen (secondary N) is 1. The molecular weight excluding hydrogens is 482 g/mol. The van der Waals surface area contributed by atoms with E-state index in [-0.39, 0.29) is 10.8 Å². The molecule has 2 heterocycles. The van der Waals surface area contributed by atoms with E-state index in [2.05, 4.69) is 15.3 Å². The molecule has 1 aliphatic heterocycles. The molecule has 4 rings (SSSR count). The number of thiazole rings is 1. The van der Waals surface area contributed by atoms with Gasteiger partial charge in [0.25, 0.3) is 12.5 Å². The predicted octanol–water partition coefficient (Wildman–Crippen LogP) is 3.42. The summed E-state index contributed by atoms with van der Waals surface area (Å²) in [5, 5.41) is 14.5. The molecule has 0 spiro atoms. The van der Waals surface area contributed by atoms with E-state index < -0.39 is 6.54 Å². The summed E-state index contributed by atoms with van der Waals surface area (Å²) in [6, 6.07) is 12.5. The number of nitrogen functional groups attached to an aromatic ring is 1. The average molecular weight is 510 g/mol. The highest BCUT2D eigenvalue weighted by atomic mass is 32.1. The summed E-state index contributed by atoms with van der Waals surface area (Å²) in [5.74, 6) is 0.565. The highest BCUT2D eigenvalue weighted by Crippen LogP contribution is 2.29. The fourth-order valence-electron chi connectivity index (χ4n) is 3.76. The van der Waals surface area contributed by atoms with Crippen LogP contribution in [0.1, 0.15) is 20.4 Å². The number of anilines is 3. The lowest BCUT2D eigenvalue weighted by molar-refractivity contribution is -0.464. The van der Waals surface area contributed by atoms with Crippen LogP contribution in [0.4, 0.5) is 22.7 Å². The number of nitro groups is 1. The van der Waals surface area contributed by atoms with Gasteiger partial charge in [-0.1, -0.05) is 0 Å². The van der Waals surface area contributed by atoms with Crippen LogP contribution in [0.15, 0.2) is 47.5 Å². The Hall–Kier alpha value is -4.19. The molecule has 0 radical (unpaired) electrons. The molecule has 0 saturated carbocycles. The van der Waals surface area contributed by atoms with Crippen LogP contribution in [-0.2, 0) is 13.0 Å². The van der Waals surface area contributed by atoms with Gasteiger partial charge in [-0.25, -0.2) is 9.98 Å². The van der Waals surface area contributed by atoms with Crippen molar-refractivity contribution in [1.29, 1.82) is 0 Å². The Kier molecular flexibility index (Phi) is 7.34. The largest absolute Gasteiger partial charge is 0.497 e. The van der Waals surface area contributed by atoms with Crippen molar-refractivity contribution >= 4 is 45.8 Å². The van der Waals surface area contributed by atoms with Crippen molar-refractivity contribution in [3.8, 4) is 5.75 Å². The van der Waals surface area contributed by atoms with E-state index in [1.165, 1.54) is 18.4 Å². The fraction of sp³-hybridized carbons (Fsp3) is 0.292. The van der Waals surface area contributed by atoms with E-state index in [4.69, 9.17) is 10.5 Å². The molecule has 0 bridgehead atoms. The minimum atomic E-state index is -0.397. The molecule has 0 atom stereocenters. The number of hydrogen-bond donors (Lipinski definition) is 2. The number of amidine groups is 1. The van der Waals surface area contributed by atoms with Crippen LogP contribution in [0.5, 0.6) is 5.75 Å². The molecule has 2 aromatic carbocycles. The van der Waals surface area contributed by atoms with E-state index in [1.807, 2.05) is 48.2 Å². The topological polar surface area (TPSA) is 139 Å². The third-order valence-corrected chi connectivity index (χ3v) is 6.78. The summed E-state index contributed by atoms with van der Waals surface area (Å²) in [7, 11) is 5.42. The number of benzene rings is 2. The fourth-order valence-corrected chi connectivity index (χ4v) is 4.77. The van der Waals surface area contributed by atoms with Crippen molar-refractivity contribution in [2.75, 3.05) is 50.2 Å². The number of nitrogens with zero attached hydrogens (tertiary/aromatic N) is 5. The van der Waals surface area contributed by atoms with E-state index in [0.717, 1.165) is 16.3 Å². The van der Waals surface area contributed by atoms with Crippen molar-refractivity contribution in [3.63, 3.8) is 0 Å². The molecule has 12 heteroatoms. The summed E-state index contributed by atoms with van der Waals surface area (Å²) < 4.78 is 5.20. The van der Waals surface area contributed by atoms with Gasteiger partial charge in [-0.3, -0.25) is 14.9 Å². The number of nitrogens with two attached hydrogens (primary N) is 1. The molecule has 0 aliphatic carbocycles. The van der Waals surface area contributed by atoms with Gasteiger partial charge in [0.1, 0.15) is 5.75 Å². The van der Waals surface area contributed by atoms with Crippen LogP contribution in [0.25, 0.3) is 0 Å². The first kappa shape index (κ1) is 24.9. The molecule has 1 aromatic heterocycles. The Morgan fingerprint density at radius 1 is 1.31 bits per heavy atom. The van der Waals surface area contributed by atoms with Gasteiger partial charge in [-0.2, -0.15) is 0 Å². The van der Waals surface area contributed by atoms with E-state index in [0.29, 0.717) is 53.2 Å². The minimum absolute atomic E-state index is 0.302. The monoisotopic (exact) mass is 509 g/mol. The van der Waals surface area contributed by atoms with Crippen molar-refractivity contribution < 1.29 is 14.5 Å². The highest BCUT2D eigenvalue weighted by Gasteiger charge is 2.27. The number of amides is 1. The number of methoxy groups -OCH3 is 1. The van der Waals surface area contributed by atoms with Crippen LogP contribution in [0.2, 0.25) is 0 Å². The molecule has 3 N–H and O–H groups in total. The van der Waals surface area contributed by atoms with E-state index in [9.17, 15) is 14.9 Å². The second kappa shape index (κ2) is 10.6. The number of aromatic nitrogens is 1. The second-order valence-corrected chi connectivity index (χ2v) is 9.48. The zero-order valence-corrected chi connectivity index (χ0v) is 21.0. The Bertz CT molecular complexity index is 1300. The van der Waals surface area contributed by atoms with Crippen LogP contribution < -0.4 is 20.7 Å². The van der Waals surface area contributed by atoms with Gasteiger partial charge in [0.15, 0.2) is 10.8 Å². The molecule has 1 aliphatic rings. The number of carbonyl (C=O) groups excluding carboxylic acids is 1. The second-order valence-electron chi connectivity index (χ2n) is 8.40. The smallest absolute Gasteiger partial charge is 0.284 e. The van der Waals surface area contributed by atoms with Gasteiger partial charge < -0.3 is 25.6 Å². The third-order valence-electron chi connectivity index (χ3n) is 5.69. The lowest BCUT2D eigenvalue weighted by Crippen LogP contribution is -2.39. The zero-order chi connectivity index (χ0) is 25.8.